The lowest BCUT2D eigenvalue weighted by Crippen LogP contribution is -2.07. The minimum atomic E-state index is -0.171. The lowest BCUT2D eigenvalue weighted by atomic mass is 10.0. The summed E-state index contributed by atoms with van der Waals surface area (Å²) in [6.07, 6.45) is 5.70. The van der Waals surface area contributed by atoms with Gasteiger partial charge in [0.2, 0.25) is 0 Å². The SMILES string of the molecule is CC(C)=CCCC(O)CCc1ccccc1. The molecule has 1 heteroatoms. The van der Waals surface area contributed by atoms with Crippen molar-refractivity contribution < 1.29 is 5.11 Å². The average molecular weight is 218 g/mol. The predicted octanol–water partition coefficient (Wildman–Crippen LogP) is 3.73. The van der Waals surface area contributed by atoms with Gasteiger partial charge in [0.25, 0.3) is 0 Å². The molecule has 0 aliphatic heterocycles. The van der Waals surface area contributed by atoms with E-state index in [0.717, 1.165) is 25.7 Å². The van der Waals surface area contributed by atoms with E-state index in [2.05, 4.69) is 32.1 Å². The lowest BCUT2D eigenvalue weighted by molar-refractivity contribution is 0.156. The molecule has 0 aliphatic rings. The molecule has 0 bridgehead atoms. The Balaban J connectivity index is 2.20. The second-order valence-corrected chi connectivity index (χ2v) is 4.54. The Labute approximate surface area is 98.8 Å². The largest absolute Gasteiger partial charge is 0.393 e. The van der Waals surface area contributed by atoms with Crippen LogP contribution in [0.2, 0.25) is 0 Å². The summed E-state index contributed by atoms with van der Waals surface area (Å²) in [6.45, 7) is 4.19. The molecule has 0 spiro atoms. The number of aliphatic hydroxyl groups is 1. The van der Waals surface area contributed by atoms with E-state index < -0.39 is 0 Å². The molecule has 1 aromatic carbocycles. The van der Waals surface area contributed by atoms with Crippen molar-refractivity contribution in [3.05, 3.63) is 47.5 Å². The second kappa shape index (κ2) is 7.24. The Kier molecular flexibility index (Phi) is 5.87. The first-order chi connectivity index (χ1) is 7.68. The molecule has 1 unspecified atom stereocenters. The molecule has 1 atom stereocenters. The van der Waals surface area contributed by atoms with E-state index in [1.165, 1.54) is 11.1 Å². The number of rotatable bonds is 6. The molecule has 0 saturated heterocycles. The maximum Gasteiger partial charge on any atom is 0.0546 e. The van der Waals surface area contributed by atoms with E-state index in [0.29, 0.717) is 0 Å². The van der Waals surface area contributed by atoms with Crippen molar-refractivity contribution in [3.63, 3.8) is 0 Å². The van der Waals surface area contributed by atoms with Crippen LogP contribution in [0.3, 0.4) is 0 Å². The number of allylic oxidation sites excluding steroid dienone is 2. The van der Waals surface area contributed by atoms with Crippen LogP contribution in [0.4, 0.5) is 0 Å². The zero-order chi connectivity index (χ0) is 11.8. The monoisotopic (exact) mass is 218 g/mol. The molecule has 0 fully saturated rings. The first kappa shape index (κ1) is 13.0. The fourth-order valence-electron chi connectivity index (χ4n) is 1.69. The summed E-state index contributed by atoms with van der Waals surface area (Å²) in [5.41, 5.74) is 2.64. The van der Waals surface area contributed by atoms with Gasteiger partial charge in [-0.1, -0.05) is 42.0 Å². The molecule has 1 N–H and O–H groups in total. The van der Waals surface area contributed by atoms with Gasteiger partial charge in [0.15, 0.2) is 0 Å². The van der Waals surface area contributed by atoms with Gasteiger partial charge in [0, 0.05) is 0 Å². The molecule has 0 heterocycles. The Morgan fingerprint density at radius 2 is 1.88 bits per heavy atom. The Bertz CT molecular complexity index is 309. The third-order valence-electron chi connectivity index (χ3n) is 2.66. The second-order valence-electron chi connectivity index (χ2n) is 4.54. The average Bonchev–Trinajstić information content (AvgIpc) is 2.27. The first-order valence-electron chi connectivity index (χ1n) is 6.04. The number of hydrogen-bond acceptors (Lipinski definition) is 1. The smallest absolute Gasteiger partial charge is 0.0546 e. The minimum Gasteiger partial charge on any atom is -0.393 e. The molecule has 0 saturated carbocycles. The van der Waals surface area contributed by atoms with E-state index in [4.69, 9.17) is 0 Å². The van der Waals surface area contributed by atoms with Crippen molar-refractivity contribution in [2.45, 2.75) is 45.6 Å². The molecule has 1 rings (SSSR count). The first-order valence-corrected chi connectivity index (χ1v) is 6.04. The summed E-state index contributed by atoms with van der Waals surface area (Å²) in [4.78, 5) is 0. The zero-order valence-corrected chi connectivity index (χ0v) is 10.3. The molecule has 1 aromatic rings. The van der Waals surface area contributed by atoms with Gasteiger partial charge in [-0.05, 0) is 45.1 Å². The molecule has 88 valence electrons. The van der Waals surface area contributed by atoms with Crippen LogP contribution in [0.25, 0.3) is 0 Å². The van der Waals surface area contributed by atoms with E-state index in [9.17, 15) is 5.11 Å². The van der Waals surface area contributed by atoms with Gasteiger partial charge in [-0.3, -0.25) is 0 Å². The van der Waals surface area contributed by atoms with Crippen LogP contribution in [-0.2, 0) is 6.42 Å². The van der Waals surface area contributed by atoms with Crippen LogP contribution in [0, 0.1) is 0 Å². The van der Waals surface area contributed by atoms with Crippen molar-refractivity contribution in [2.24, 2.45) is 0 Å². The highest BCUT2D eigenvalue weighted by molar-refractivity contribution is 5.14. The van der Waals surface area contributed by atoms with Crippen molar-refractivity contribution in [3.8, 4) is 0 Å². The summed E-state index contributed by atoms with van der Waals surface area (Å²) in [7, 11) is 0. The van der Waals surface area contributed by atoms with Gasteiger partial charge in [-0.15, -0.1) is 0 Å². The van der Waals surface area contributed by atoms with Crippen LogP contribution in [0.15, 0.2) is 42.0 Å². The summed E-state index contributed by atoms with van der Waals surface area (Å²) in [5.74, 6) is 0. The summed E-state index contributed by atoms with van der Waals surface area (Å²) >= 11 is 0. The number of benzene rings is 1. The molecular formula is C15H22O. The molecule has 16 heavy (non-hydrogen) atoms. The van der Waals surface area contributed by atoms with Crippen LogP contribution >= 0.6 is 0 Å². The standard InChI is InChI=1S/C15H22O/c1-13(2)7-6-10-15(16)12-11-14-8-4-3-5-9-14/h3-5,7-9,15-16H,6,10-12H2,1-2H3. The molecule has 0 aliphatic carbocycles. The highest BCUT2D eigenvalue weighted by atomic mass is 16.3. The summed E-state index contributed by atoms with van der Waals surface area (Å²) in [6, 6.07) is 10.3. The maximum atomic E-state index is 9.79. The molecule has 0 radical (unpaired) electrons. The maximum absolute atomic E-state index is 9.79. The van der Waals surface area contributed by atoms with Crippen LogP contribution in [0.1, 0.15) is 38.7 Å². The van der Waals surface area contributed by atoms with Crippen molar-refractivity contribution in [2.75, 3.05) is 0 Å². The Morgan fingerprint density at radius 1 is 1.19 bits per heavy atom. The number of aliphatic hydroxyl groups excluding tert-OH is 1. The van der Waals surface area contributed by atoms with E-state index in [1.54, 1.807) is 0 Å². The van der Waals surface area contributed by atoms with Gasteiger partial charge in [-0.2, -0.15) is 0 Å². The lowest BCUT2D eigenvalue weighted by Gasteiger charge is -2.09. The quantitative estimate of drug-likeness (QED) is 0.721. The van der Waals surface area contributed by atoms with Gasteiger partial charge in [0.05, 0.1) is 6.10 Å². The van der Waals surface area contributed by atoms with Gasteiger partial charge in [0.1, 0.15) is 0 Å². The van der Waals surface area contributed by atoms with E-state index in [-0.39, 0.29) is 6.10 Å². The van der Waals surface area contributed by atoms with Crippen LogP contribution in [-0.4, -0.2) is 11.2 Å². The highest BCUT2D eigenvalue weighted by Crippen LogP contribution is 2.09. The summed E-state index contributed by atoms with van der Waals surface area (Å²) in [5, 5.41) is 9.79. The normalized spacial score (nSPS) is 12.2. The number of aryl methyl sites for hydroxylation is 1. The van der Waals surface area contributed by atoms with E-state index >= 15 is 0 Å². The Morgan fingerprint density at radius 3 is 2.50 bits per heavy atom. The van der Waals surface area contributed by atoms with Crippen molar-refractivity contribution in [1.82, 2.24) is 0 Å². The fourth-order valence-corrected chi connectivity index (χ4v) is 1.69. The third-order valence-corrected chi connectivity index (χ3v) is 2.66. The minimum absolute atomic E-state index is 0.171. The highest BCUT2D eigenvalue weighted by Gasteiger charge is 2.03. The van der Waals surface area contributed by atoms with Gasteiger partial charge >= 0.3 is 0 Å². The number of hydrogen-bond donors (Lipinski definition) is 1. The predicted molar refractivity (Wildman–Crippen MR) is 69.4 cm³/mol. The van der Waals surface area contributed by atoms with Crippen molar-refractivity contribution >= 4 is 0 Å². The molecule has 1 nitrogen and oxygen atoms in total. The molecule has 0 aromatic heterocycles. The van der Waals surface area contributed by atoms with Gasteiger partial charge < -0.3 is 5.11 Å². The fraction of sp³-hybridized carbons (Fsp3) is 0.467. The zero-order valence-electron chi connectivity index (χ0n) is 10.3. The third kappa shape index (κ3) is 5.72. The van der Waals surface area contributed by atoms with Crippen molar-refractivity contribution in [1.29, 1.82) is 0 Å². The molecular weight excluding hydrogens is 196 g/mol. The topological polar surface area (TPSA) is 20.2 Å². The molecule has 0 amide bonds. The van der Waals surface area contributed by atoms with Crippen LogP contribution < -0.4 is 0 Å². The van der Waals surface area contributed by atoms with Crippen LogP contribution in [0.5, 0.6) is 0 Å². The Hall–Kier alpha value is -1.08. The van der Waals surface area contributed by atoms with Gasteiger partial charge in [-0.25, -0.2) is 0 Å². The summed E-state index contributed by atoms with van der Waals surface area (Å²) < 4.78 is 0. The van der Waals surface area contributed by atoms with E-state index in [1.807, 2.05) is 18.2 Å².